The van der Waals surface area contributed by atoms with Gasteiger partial charge in [-0.3, -0.25) is 14.6 Å². The van der Waals surface area contributed by atoms with Crippen LogP contribution in [0.2, 0.25) is 0 Å². The van der Waals surface area contributed by atoms with Crippen LogP contribution >= 0.6 is 0 Å². The fourth-order valence-electron chi connectivity index (χ4n) is 3.74. The lowest BCUT2D eigenvalue weighted by molar-refractivity contribution is -0.135. The maximum Gasteiger partial charge on any atom is 0.236 e. The molecule has 1 saturated heterocycles. The number of carbonyl (C=O) groups is 1. The minimum Gasteiger partial charge on any atom is -0.339 e. The van der Waals surface area contributed by atoms with Crippen molar-refractivity contribution >= 4 is 5.91 Å². The molecule has 1 aromatic heterocycles. The quantitative estimate of drug-likeness (QED) is 0.811. The van der Waals surface area contributed by atoms with Crippen molar-refractivity contribution in [3.05, 3.63) is 18.2 Å². The Bertz CT molecular complexity index is 530. The Labute approximate surface area is 131 Å². The van der Waals surface area contributed by atoms with Crippen LogP contribution in [0.15, 0.2) is 12.4 Å². The highest BCUT2D eigenvalue weighted by Gasteiger charge is 2.30. The molecule has 0 N–H and O–H groups in total. The second-order valence-corrected chi connectivity index (χ2v) is 6.75. The average Bonchev–Trinajstić information content (AvgIpc) is 2.94. The number of aromatic nitrogens is 2. The Morgan fingerprint density at radius 3 is 2.68 bits per heavy atom. The molecule has 3 aliphatic rings. The molecule has 120 valence electrons. The van der Waals surface area contributed by atoms with E-state index in [-0.39, 0.29) is 5.91 Å². The van der Waals surface area contributed by atoms with Crippen LogP contribution < -0.4 is 0 Å². The number of rotatable bonds is 3. The first-order valence-corrected chi connectivity index (χ1v) is 8.54. The van der Waals surface area contributed by atoms with Crippen molar-refractivity contribution in [2.24, 2.45) is 0 Å². The molecule has 0 spiro atoms. The summed E-state index contributed by atoms with van der Waals surface area (Å²) in [5.74, 6) is 1.36. The van der Waals surface area contributed by atoms with E-state index in [1.54, 1.807) is 0 Å². The SMILES string of the molecule is O=C(CN1CCn2ccnc2C1)N1CCN(C2CCC2)CC1. The minimum atomic E-state index is 0.285. The summed E-state index contributed by atoms with van der Waals surface area (Å²) in [7, 11) is 0. The largest absolute Gasteiger partial charge is 0.339 e. The van der Waals surface area contributed by atoms with E-state index in [0.29, 0.717) is 6.54 Å². The molecule has 0 atom stereocenters. The summed E-state index contributed by atoms with van der Waals surface area (Å²) >= 11 is 0. The number of imidazole rings is 1. The van der Waals surface area contributed by atoms with E-state index in [4.69, 9.17) is 0 Å². The Morgan fingerprint density at radius 1 is 1.14 bits per heavy atom. The molecule has 2 aliphatic heterocycles. The van der Waals surface area contributed by atoms with Crippen LogP contribution in [0.3, 0.4) is 0 Å². The van der Waals surface area contributed by atoms with Crippen molar-refractivity contribution in [2.75, 3.05) is 39.3 Å². The number of carbonyl (C=O) groups excluding carboxylic acids is 1. The van der Waals surface area contributed by atoms with Crippen LogP contribution in [0.5, 0.6) is 0 Å². The number of piperazine rings is 1. The zero-order valence-corrected chi connectivity index (χ0v) is 13.2. The number of fused-ring (bicyclic) bond motifs is 1. The van der Waals surface area contributed by atoms with E-state index in [2.05, 4.69) is 24.3 Å². The van der Waals surface area contributed by atoms with Gasteiger partial charge >= 0.3 is 0 Å². The Balaban J connectivity index is 1.26. The standard InChI is InChI=1S/C16H25N5O/c22-16(13-18-6-7-20-5-4-17-15(20)12-18)21-10-8-19(9-11-21)14-2-1-3-14/h4-5,14H,1-3,6-13H2. The molecule has 0 radical (unpaired) electrons. The first-order chi connectivity index (χ1) is 10.8. The molecule has 2 fully saturated rings. The van der Waals surface area contributed by atoms with Gasteiger partial charge in [-0.2, -0.15) is 0 Å². The molecule has 6 heteroatoms. The summed E-state index contributed by atoms with van der Waals surface area (Å²) in [4.78, 5) is 23.7. The normalized spacial score (nSPS) is 24.1. The van der Waals surface area contributed by atoms with Crippen molar-refractivity contribution < 1.29 is 4.79 Å². The summed E-state index contributed by atoms with van der Waals surface area (Å²) in [5, 5.41) is 0. The monoisotopic (exact) mass is 303 g/mol. The van der Waals surface area contributed by atoms with E-state index < -0.39 is 0 Å². The van der Waals surface area contributed by atoms with Gasteiger partial charge in [-0.15, -0.1) is 0 Å². The van der Waals surface area contributed by atoms with Crippen LogP contribution in [-0.2, 0) is 17.9 Å². The highest BCUT2D eigenvalue weighted by molar-refractivity contribution is 5.78. The maximum atomic E-state index is 12.5. The molecule has 4 rings (SSSR count). The van der Waals surface area contributed by atoms with Gasteiger partial charge in [0, 0.05) is 57.7 Å². The summed E-state index contributed by atoms with van der Waals surface area (Å²) < 4.78 is 2.18. The summed E-state index contributed by atoms with van der Waals surface area (Å²) in [6.45, 7) is 7.13. The van der Waals surface area contributed by atoms with E-state index in [1.807, 2.05) is 12.4 Å². The van der Waals surface area contributed by atoms with Crippen LogP contribution in [0.1, 0.15) is 25.1 Å². The van der Waals surface area contributed by atoms with E-state index in [1.165, 1.54) is 19.3 Å². The number of hydrogen-bond donors (Lipinski definition) is 0. The van der Waals surface area contributed by atoms with Gasteiger partial charge in [0.1, 0.15) is 5.82 Å². The summed E-state index contributed by atoms with van der Waals surface area (Å²) in [5.41, 5.74) is 0. The lowest BCUT2D eigenvalue weighted by atomic mass is 9.91. The van der Waals surface area contributed by atoms with Gasteiger partial charge in [-0.25, -0.2) is 4.98 Å². The van der Waals surface area contributed by atoms with Crippen molar-refractivity contribution in [3.63, 3.8) is 0 Å². The Kier molecular flexibility index (Phi) is 3.88. The molecule has 1 saturated carbocycles. The molecule has 1 aliphatic carbocycles. The van der Waals surface area contributed by atoms with Crippen LogP contribution in [0.25, 0.3) is 0 Å². The van der Waals surface area contributed by atoms with Crippen LogP contribution in [-0.4, -0.2) is 75.5 Å². The van der Waals surface area contributed by atoms with Crippen molar-refractivity contribution in [1.29, 1.82) is 0 Å². The van der Waals surface area contributed by atoms with Crippen molar-refractivity contribution in [3.8, 4) is 0 Å². The molecule has 3 heterocycles. The number of amides is 1. The lowest BCUT2D eigenvalue weighted by Crippen LogP contribution is -2.55. The van der Waals surface area contributed by atoms with Gasteiger partial charge in [-0.1, -0.05) is 6.42 Å². The molecular formula is C16H25N5O. The van der Waals surface area contributed by atoms with Gasteiger partial charge in [0.15, 0.2) is 0 Å². The molecular weight excluding hydrogens is 278 g/mol. The molecule has 0 bridgehead atoms. The first kappa shape index (κ1) is 14.2. The Hall–Kier alpha value is -1.40. The van der Waals surface area contributed by atoms with E-state index in [0.717, 1.165) is 57.7 Å². The van der Waals surface area contributed by atoms with Gasteiger partial charge in [0.05, 0.1) is 13.1 Å². The summed E-state index contributed by atoms with van der Waals surface area (Å²) in [6, 6.07) is 0.804. The third-order valence-electron chi connectivity index (χ3n) is 5.44. The predicted molar refractivity (Wildman–Crippen MR) is 83.3 cm³/mol. The molecule has 1 amide bonds. The molecule has 0 unspecified atom stereocenters. The smallest absolute Gasteiger partial charge is 0.236 e. The zero-order chi connectivity index (χ0) is 14.9. The number of hydrogen-bond acceptors (Lipinski definition) is 4. The van der Waals surface area contributed by atoms with E-state index >= 15 is 0 Å². The van der Waals surface area contributed by atoms with Gasteiger partial charge in [0.25, 0.3) is 0 Å². The van der Waals surface area contributed by atoms with Gasteiger partial charge in [-0.05, 0) is 12.8 Å². The molecule has 1 aromatic rings. The van der Waals surface area contributed by atoms with Crippen LogP contribution in [0.4, 0.5) is 0 Å². The van der Waals surface area contributed by atoms with Crippen LogP contribution in [0, 0.1) is 0 Å². The first-order valence-electron chi connectivity index (χ1n) is 8.54. The minimum absolute atomic E-state index is 0.285. The molecule has 0 aromatic carbocycles. The fourth-order valence-corrected chi connectivity index (χ4v) is 3.74. The van der Waals surface area contributed by atoms with Gasteiger partial charge in [0.2, 0.25) is 5.91 Å². The molecule has 6 nitrogen and oxygen atoms in total. The third-order valence-corrected chi connectivity index (χ3v) is 5.44. The number of nitrogens with zero attached hydrogens (tertiary/aromatic N) is 5. The highest BCUT2D eigenvalue weighted by Crippen LogP contribution is 2.25. The lowest BCUT2D eigenvalue weighted by Gasteiger charge is -2.43. The predicted octanol–water partition coefficient (Wildman–Crippen LogP) is 0.395. The fraction of sp³-hybridized carbons (Fsp3) is 0.750. The summed E-state index contributed by atoms with van der Waals surface area (Å²) in [6.07, 6.45) is 7.96. The highest BCUT2D eigenvalue weighted by atomic mass is 16.2. The second kappa shape index (κ2) is 6.01. The third kappa shape index (κ3) is 2.77. The average molecular weight is 303 g/mol. The van der Waals surface area contributed by atoms with Gasteiger partial charge < -0.3 is 9.47 Å². The Morgan fingerprint density at radius 2 is 1.95 bits per heavy atom. The maximum absolute atomic E-state index is 12.5. The second-order valence-electron chi connectivity index (χ2n) is 6.75. The van der Waals surface area contributed by atoms with E-state index in [9.17, 15) is 4.79 Å². The van der Waals surface area contributed by atoms with Crippen molar-refractivity contribution in [2.45, 2.75) is 38.4 Å². The zero-order valence-electron chi connectivity index (χ0n) is 13.2. The topological polar surface area (TPSA) is 44.6 Å². The molecule has 22 heavy (non-hydrogen) atoms. The van der Waals surface area contributed by atoms with Crippen molar-refractivity contribution in [1.82, 2.24) is 24.3 Å².